The third-order valence-corrected chi connectivity index (χ3v) is 6.24. The molecular weight excluding hydrogens is 282 g/mol. The second-order valence-corrected chi connectivity index (χ2v) is 7.25. The molecule has 2 heterocycles. The average molecular weight is 296 g/mol. The monoisotopic (exact) mass is 295 g/mol. The zero-order valence-electron chi connectivity index (χ0n) is 9.39. The SMILES string of the molecule is CN(C1CCSC1)S(=O)(=O)c1[nH]ncc1CCl. The summed E-state index contributed by atoms with van der Waals surface area (Å²) in [5, 5.41) is 6.40. The van der Waals surface area contributed by atoms with Crippen molar-refractivity contribution in [1.29, 1.82) is 0 Å². The molecule has 1 atom stereocenters. The Morgan fingerprint density at radius 3 is 3.06 bits per heavy atom. The molecule has 1 unspecified atom stereocenters. The van der Waals surface area contributed by atoms with Crippen LogP contribution in [0.2, 0.25) is 0 Å². The molecule has 1 aliphatic rings. The van der Waals surface area contributed by atoms with E-state index >= 15 is 0 Å². The fourth-order valence-corrected chi connectivity index (χ4v) is 4.90. The van der Waals surface area contributed by atoms with Gasteiger partial charge in [-0.05, 0) is 12.2 Å². The van der Waals surface area contributed by atoms with Crippen LogP contribution in [0.3, 0.4) is 0 Å². The van der Waals surface area contributed by atoms with Gasteiger partial charge in [0.25, 0.3) is 10.0 Å². The van der Waals surface area contributed by atoms with Crippen LogP contribution >= 0.6 is 23.4 Å². The molecule has 2 rings (SSSR count). The Labute approximate surface area is 110 Å². The van der Waals surface area contributed by atoms with E-state index in [4.69, 9.17) is 11.6 Å². The lowest BCUT2D eigenvalue weighted by Crippen LogP contribution is -2.37. The number of hydrogen-bond donors (Lipinski definition) is 1. The van der Waals surface area contributed by atoms with Gasteiger partial charge in [-0.15, -0.1) is 11.6 Å². The highest BCUT2D eigenvalue weighted by Crippen LogP contribution is 2.26. The van der Waals surface area contributed by atoms with Gasteiger partial charge < -0.3 is 0 Å². The number of thioether (sulfide) groups is 1. The Morgan fingerprint density at radius 1 is 1.71 bits per heavy atom. The van der Waals surface area contributed by atoms with Crippen LogP contribution in [-0.4, -0.2) is 47.5 Å². The number of nitrogens with one attached hydrogen (secondary N) is 1. The summed E-state index contributed by atoms with van der Waals surface area (Å²) < 4.78 is 26.1. The largest absolute Gasteiger partial charge is 0.266 e. The van der Waals surface area contributed by atoms with Crippen LogP contribution in [-0.2, 0) is 15.9 Å². The molecule has 0 bridgehead atoms. The van der Waals surface area contributed by atoms with Gasteiger partial charge >= 0.3 is 0 Å². The number of H-pyrrole nitrogens is 1. The van der Waals surface area contributed by atoms with E-state index in [1.165, 1.54) is 10.5 Å². The minimum atomic E-state index is -3.50. The van der Waals surface area contributed by atoms with Gasteiger partial charge in [0.1, 0.15) is 0 Å². The highest BCUT2D eigenvalue weighted by Gasteiger charge is 2.32. The molecule has 8 heteroatoms. The van der Waals surface area contributed by atoms with Crippen LogP contribution in [0, 0.1) is 0 Å². The summed E-state index contributed by atoms with van der Waals surface area (Å²) in [6.45, 7) is 0. The molecule has 1 aromatic rings. The van der Waals surface area contributed by atoms with E-state index in [1.807, 2.05) is 0 Å². The van der Waals surface area contributed by atoms with Crippen molar-refractivity contribution in [3.63, 3.8) is 0 Å². The Hall–Kier alpha value is -0.240. The van der Waals surface area contributed by atoms with E-state index in [-0.39, 0.29) is 16.9 Å². The number of alkyl halides is 1. The summed E-state index contributed by atoms with van der Waals surface area (Å²) in [6.07, 6.45) is 2.35. The first-order chi connectivity index (χ1) is 8.07. The molecule has 0 amide bonds. The van der Waals surface area contributed by atoms with Crippen LogP contribution in [0.5, 0.6) is 0 Å². The van der Waals surface area contributed by atoms with E-state index in [9.17, 15) is 8.42 Å². The van der Waals surface area contributed by atoms with Crippen LogP contribution in [0.15, 0.2) is 11.2 Å². The van der Waals surface area contributed by atoms with Crippen molar-refractivity contribution < 1.29 is 8.42 Å². The average Bonchev–Trinajstić information content (AvgIpc) is 2.98. The molecule has 0 aromatic carbocycles. The van der Waals surface area contributed by atoms with Gasteiger partial charge in [0.15, 0.2) is 5.03 Å². The van der Waals surface area contributed by atoms with E-state index in [1.54, 1.807) is 18.8 Å². The second kappa shape index (κ2) is 5.17. The summed E-state index contributed by atoms with van der Waals surface area (Å²) in [5.74, 6) is 1.99. The maximum Gasteiger partial charge on any atom is 0.260 e. The van der Waals surface area contributed by atoms with Crippen molar-refractivity contribution >= 4 is 33.4 Å². The molecule has 96 valence electrons. The highest BCUT2D eigenvalue weighted by atomic mass is 35.5. The van der Waals surface area contributed by atoms with Gasteiger partial charge in [0, 0.05) is 24.4 Å². The van der Waals surface area contributed by atoms with E-state index in [2.05, 4.69) is 10.2 Å². The Bertz CT molecular complexity index is 482. The van der Waals surface area contributed by atoms with Gasteiger partial charge in [0.2, 0.25) is 0 Å². The number of hydrogen-bond acceptors (Lipinski definition) is 4. The fourth-order valence-electron chi connectivity index (χ4n) is 1.77. The summed E-state index contributed by atoms with van der Waals surface area (Å²) >= 11 is 7.47. The molecule has 0 radical (unpaired) electrons. The van der Waals surface area contributed by atoms with Crippen molar-refractivity contribution in [3.05, 3.63) is 11.8 Å². The van der Waals surface area contributed by atoms with Crippen molar-refractivity contribution in [2.45, 2.75) is 23.4 Å². The lowest BCUT2D eigenvalue weighted by atomic mass is 10.3. The molecule has 0 spiro atoms. The van der Waals surface area contributed by atoms with Crippen LogP contribution < -0.4 is 0 Å². The maximum atomic E-state index is 12.3. The van der Waals surface area contributed by atoms with Crippen molar-refractivity contribution in [2.24, 2.45) is 0 Å². The third-order valence-electron chi connectivity index (χ3n) is 2.88. The Morgan fingerprint density at radius 2 is 2.47 bits per heavy atom. The Kier molecular flexibility index (Phi) is 4.02. The van der Waals surface area contributed by atoms with Gasteiger partial charge in [-0.2, -0.15) is 21.2 Å². The molecule has 0 saturated carbocycles. The second-order valence-electron chi connectivity index (χ2n) is 3.90. The quantitative estimate of drug-likeness (QED) is 0.850. The van der Waals surface area contributed by atoms with E-state index in [0.29, 0.717) is 5.56 Å². The maximum absolute atomic E-state index is 12.3. The summed E-state index contributed by atoms with van der Waals surface area (Å²) in [6, 6.07) is 0.0662. The number of aromatic amines is 1. The molecule has 1 aliphatic heterocycles. The lowest BCUT2D eigenvalue weighted by Gasteiger charge is -2.22. The Balaban J connectivity index is 2.29. The number of sulfonamides is 1. The molecule has 1 saturated heterocycles. The smallest absolute Gasteiger partial charge is 0.260 e. The molecular formula is C9H14ClN3O2S2. The van der Waals surface area contributed by atoms with Gasteiger partial charge in [-0.25, -0.2) is 8.42 Å². The van der Waals surface area contributed by atoms with Gasteiger partial charge in [-0.3, -0.25) is 5.10 Å². The van der Waals surface area contributed by atoms with Crippen LogP contribution in [0.25, 0.3) is 0 Å². The van der Waals surface area contributed by atoms with Crippen LogP contribution in [0.4, 0.5) is 0 Å². The first-order valence-electron chi connectivity index (χ1n) is 5.21. The topological polar surface area (TPSA) is 66.1 Å². The van der Waals surface area contributed by atoms with Crippen molar-refractivity contribution in [3.8, 4) is 0 Å². The minimum absolute atomic E-state index is 0.0662. The standard InChI is InChI=1S/C9H14ClN3O2S2/c1-13(8-2-3-16-6-8)17(14,15)9-7(4-10)5-11-12-9/h5,8H,2-4,6H2,1H3,(H,11,12). The van der Waals surface area contributed by atoms with Gasteiger partial charge in [0.05, 0.1) is 12.1 Å². The number of rotatable bonds is 4. The zero-order chi connectivity index (χ0) is 12.5. The zero-order valence-corrected chi connectivity index (χ0v) is 11.8. The third kappa shape index (κ3) is 2.47. The number of halogens is 1. The summed E-state index contributed by atoms with van der Waals surface area (Å²) in [7, 11) is -1.89. The van der Waals surface area contributed by atoms with E-state index < -0.39 is 10.0 Å². The summed E-state index contributed by atoms with van der Waals surface area (Å²) in [4.78, 5) is 0. The summed E-state index contributed by atoms with van der Waals surface area (Å²) in [5.41, 5.74) is 0.518. The normalized spacial score (nSPS) is 21.2. The fraction of sp³-hybridized carbons (Fsp3) is 0.667. The molecule has 1 N–H and O–H groups in total. The van der Waals surface area contributed by atoms with Crippen molar-refractivity contribution in [2.75, 3.05) is 18.6 Å². The predicted molar refractivity (Wildman–Crippen MR) is 68.8 cm³/mol. The predicted octanol–water partition coefficient (Wildman–Crippen LogP) is 1.27. The highest BCUT2D eigenvalue weighted by molar-refractivity contribution is 7.99. The van der Waals surface area contributed by atoms with E-state index in [0.717, 1.165) is 17.9 Å². The molecule has 5 nitrogen and oxygen atoms in total. The lowest BCUT2D eigenvalue weighted by molar-refractivity contribution is 0.392. The molecule has 1 fully saturated rings. The first kappa shape index (κ1) is 13.2. The minimum Gasteiger partial charge on any atom is -0.266 e. The number of nitrogens with zero attached hydrogens (tertiary/aromatic N) is 2. The molecule has 1 aromatic heterocycles. The van der Waals surface area contributed by atoms with Gasteiger partial charge in [-0.1, -0.05) is 0 Å². The molecule has 17 heavy (non-hydrogen) atoms. The molecule has 0 aliphatic carbocycles. The number of aromatic nitrogens is 2. The van der Waals surface area contributed by atoms with Crippen LogP contribution in [0.1, 0.15) is 12.0 Å². The van der Waals surface area contributed by atoms with Crippen molar-refractivity contribution in [1.82, 2.24) is 14.5 Å². The first-order valence-corrected chi connectivity index (χ1v) is 8.34.